The standard InChI is InChI=1S/C13H25NO4/c1-5-6-7-8-18-13(16)14-11(9-10(2)3)12(15)17-4/h10-11H,5-9H2,1-4H3,(H,14,16)/t11-/m0/s1. The van der Waals surface area contributed by atoms with Gasteiger partial charge in [-0.1, -0.05) is 33.6 Å². The molecule has 18 heavy (non-hydrogen) atoms. The Morgan fingerprint density at radius 1 is 1.22 bits per heavy atom. The van der Waals surface area contributed by atoms with Crippen LogP contribution in [0.15, 0.2) is 0 Å². The zero-order valence-electron chi connectivity index (χ0n) is 11.8. The molecule has 1 atom stereocenters. The van der Waals surface area contributed by atoms with Gasteiger partial charge in [0, 0.05) is 0 Å². The second-order valence-electron chi connectivity index (χ2n) is 4.69. The van der Waals surface area contributed by atoms with E-state index in [0.29, 0.717) is 13.0 Å². The Balaban J connectivity index is 4.06. The molecule has 1 amide bonds. The van der Waals surface area contributed by atoms with Crippen LogP contribution in [0.4, 0.5) is 4.79 Å². The van der Waals surface area contributed by atoms with Crippen molar-refractivity contribution in [1.29, 1.82) is 0 Å². The van der Waals surface area contributed by atoms with E-state index in [1.54, 1.807) is 0 Å². The second-order valence-corrected chi connectivity index (χ2v) is 4.69. The number of ether oxygens (including phenoxy) is 2. The van der Waals surface area contributed by atoms with E-state index in [1.165, 1.54) is 7.11 Å². The molecule has 0 aliphatic heterocycles. The van der Waals surface area contributed by atoms with Crippen LogP contribution in [0.1, 0.15) is 46.5 Å². The third-order valence-electron chi connectivity index (χ3n) is 2.47. The highest BCUT2D eigenvalue weighted by Gasteiger charge is 2.22. The summed E-state index contributed by atoms with van der Waals surface area (Å²) in [5.41, 5.74) is 0. The summed E-state index contributed by atoms with van der Waals surface area (Å²) < 4.78 is 9.64. The van der Waals surface area contributed by atoms with E-state index < -0.39 is 18.1 Å². The molecule has 0 unspecified atom stereocenters. The van der Waals surface area contributed by atoms with Gasteiger partial charge >= 0.3 is 12.1 Å². The molecule has 0 saturated heterocycles. The number of carbonyl (C=O) groups is 2. The lowest BCUT2D eigenvalue weighted by Gasteiger charge is -2.18. The minimum absolute atomic E-state index is 0.287. The molecule has 5 heteroatoms. The highest BCUT2D eigenvalue weighted by atomic mass is 16.6. The van der Waals surface area contributed by atoms with Crippen LogP contribution in [-0.4, -0.2) is 31.8 Å². The van der Waals surface area contributed by atoms with Gasteiger partial charge in [-0.15, -0.1) is 0 Å². The monoisotopic (exact) mass is 259 g/mol. The van der Waals surface area contributed by atoms with Crippen molar-refractivity contribution in [2.24, 2.45) is 5.92 Å². The fraction of sp³-hybridized carbons (Fsp3) is 0.846. The van der Waals surface area contributed by atoms with Gasteiger partial charge in [-0.3, -0.25) is 0 Å². The van der Waals surface area contributed by atoms with Gasteiger partial charge in [-0.05, 0) is 18.8 Å². The topological polar surface area (TPSA) is 64.6 Å². The maximum Gasteiger partial charge on any atom is 0.407 e. The quantitative estimate of drug-likeness (QED) is 0.537. The largest absolute Gasteiger partial charge is 0.467 e. The van der Waals surface area contributed by atoms with E-state index in [9.17, 15) is 9.59 Å². The number of carbonyl (C=O) groups excluding carboxylic acids is 2. The average molecular weight is 259 g/mol. The lowest BCUT2D eigenvalue weighted by atomic mass is 10.0. The summed E-state index contributed by atoms with van der Waals surface area (Å²) >= 11 is 0. The van der Waals surface area contributed by atoms with Gasteiger partial charge in [0.2, 0.25) is 0 Å². The van der Waals surface area contributed by atoms with Crippen LogP contribution in [0.3, 0.4) is 0 Å². The van der Waals surface area contributed by atoms with Crippen molar-refractivity contribution >= 4 is 12.1 Å². The summed E-state index contributed by atoms with van der Waals surface area (Å²) in [6, 6.07) is -0.631. The number of esters is 1. The smallest absolute Gasteiger partial charge is 0.407 e. The molecule has 106 valence electrons. The van der Waals surface area contributed by atoms with Crippen molar-refractivity contribution in [3.8, 4) is 0 Å². The minimum atomic E-state index is -0.631. The molecular formula is C13H25NO4. The molecule has 0 heterocycles. The molecule has 0 spiro atoms. The zero-order chi connectivity index (χ0) is 14.0. The minimum Gasteiger partial charge on any atom is -0.467 e. The van der Waals surface area contributed by atoms with Crippen LogP contribution in [0.25, 0.3) is 0 Å². The third-order valence-corrected chi connectivity index (χ3v) is 2.47. The summed E-state index contributed by atoms with van der Waals surface area (Å²) in [4.78, 5) is 22.9. The lowest BCUT2D eigenvalue weighted by molar-refractivity contribution is -0.143. The molecule has 0 radical (unpaired) electrons. The summed E-state index contributed by atoms with van der Waals surface area (Å²) in [6.07, 6.45) is 2.93. The summed E-state index contributed by atoms with van der Waals surface area (Å²) in [7, 11) is 1.31. The number of hydrogen-bond acceptors (Lipinski definition) is 4. The number of rotatable bonds is 8. The SMILES string of the molecule is CCCCCOC(=O)N[C@@H](CC(C)C)C(=O)OC. The van der Waals surface area contributed by atoms with E-state index in [-0.39, 0.29) is 5.92 Å². The first-order valence-corrected chi connectivity index (χ1v) is 6.52. The predicted molar refractivity (Wildman–Crippen MR) is 69.3 cm³/mol. The van der Waals surface area contributed by atoms with Crippen molar-refractivity contribution in [2.75, 3.05) is 13.7 Å². The van der Waals surface area contributed by atoms with Gasteiger partial charge in [0.15, 0.2) is 0 Å². The van der Waals surface area contributed by atoms with Crippen molar-refractivity contribution < 1.29 is 19.1 Å². The molecular weight excluding hydrogens is 234 g/mol. The molecule has 0 aromatic rings. The van der Waals surface area contributed by atoms with Crippen LogP contribution in [0, 0.1) is 5.92 Å². The molecule has 5 nitrogen and oxygen atoms in total. The molecule has 1 N–H and O–H groups in total. The lowest BCUT2D eigenvalue weighted by Crippen LogP contribution is -2.42. The van der Waals surface area contributed by atoms with Crippen molar-refractivity contribution in [3.63, 3.8) is 0 Å². The number of unbranched alkanes of at least 4 members (excludes halogenated alkanes) is 2. The van der Waals surface area contributed by atoms with E-state index in [4.69, 9.17) is 4.74 Å². The molecule has 0 aliphatic carbocycles. The Morgan fingerprint density at radius 3 is 2.39 bits per heavy atom. The Hall–Kier alpha value is -1.26. The fourth-order valence-corrected chi connectivity index (χ4v) is 1.53. The number of nitrogens with one attached hydrogen (secondary N) is 1. The van der Waals surface area contributed by atoms with Crippen molar-refractivity contribution in [2.45, 2.75) is 52.5 Å². The molecule has 0 saturated carbocycles. The second kappa shape index (κ2) is 9.74. The van der Waals surface area contributed by atoms with Crippen molar-refractivity contribution in [3.05, 3.63) is 0 Å². The summed E-state index contributed by atoms with van der Waals surface area (Å²) in [5.74, 6) is -0.149. The predicted octanol–water partition coefficient (Wildman–Crippen LogP) is 2.49. The Morgan fingerprint density at radius 2 is 1.89 bits per heavy atom. The van der Waals surface area contributed by atoms with Gasteiger partial charge < -0.3 is 14.8 Å². The summed E-state index contributed by atoms with van der Waals surface area (Å²) in [5, 5.41) is 2.54. The van der Waals surface area contributed by atoms with E-state index in [2.05, 4.69) is 17.0 Å². The van der Waals surface area contributed by atoms with Crippen LogP contribution < -0.4 is 5.32 Å². The van der Waals surface area contributed by atoms with Crippen LogP contribution in [0.5, 0.6) is 0 Å². The molecule has 0 aliphatic rings. The maximum absolute atomic E-state index is 11.5. The highest BCUT2D eigenvalue weighted by molar-refractivity contribution is 5.81. The van der Waals surface area contributed by atoms with Crippen LogP contribution in [0.2, 0.25) is 0 Å². The zero-order valence-corrected chi connectivity index (χ0v) is 11.8. The molecule has 0 bridgehead atoms. The van der Waals surface area contributed by atoms with E-state index in [1.807, 2.05) is 13.8 Å². The number of methoxy groups -OCH3 is 1. The summed E-state index contributed by atoms with van der Waals surface area (Å²) in [6.45, 7) is 6.42. The molecule has 0 fully saturated rings. The number of alkyl carbamates (subject to hydrolysis) is 1. The Bertz CT molecular complexity index is 253. The Labute approximate surface area is 109 Å². The third kappa shape index (κ3) is 7.92. The Kier molecular flexibility index (Phi) is 9.06. The first-order valence-electron chi connectivity index (χ1n) is 6.52. The number of amides is 1. The highest BCUT2D eigenvalue weighted by Crippen LogP contribution is 2.06. The van der Waals surface area contributed by atoms with Gasteiger partial charge in [0.1, 0.15) is 6.04 Å². The van der Waals surface area contributed by atoms with Gasteiger partial charge in [0.25, 0.3) is 0 Å². The fourth-order valence-electron chi connectivity index (χ4n) is 1.53. The van der Waals surface area contributed by atoms with Gasteiger partial charge in [-0.25, -0.2) is 9.59 Å². The first-order chi connectivity index (χ1) is 8.51. The molecule has 0 aromatic heterocycles. The number of hydrogen-bond donors (Lipinski definition) is 1. The molecule has 0 aromatic carbocycles. The van der Waals surface area contributed by atoms with Crippen LogP contribution >= 0.6 is 0 Å². The maximum atomic E-state index is 11.5. The van der Waals surface area contributed by atoms with Gasteiger partial charge in [0.05, 0.1) is 13.7 Å². The molecule has 0 rings (SSSR count). The average Bonchev–Trinajstić information content (AvgIpc) is 2.32. The van der Waals surface area contributed by atoms with E-state index in [0.717, 1.165) is 19.3 Å². The first kappa shape index (κ1) is 16.7. The van der Waals surface area contributed by atoms with Crippen LogP contribution in [-0.2, 0) is 14.3 Å². The normalized spacial score (nSPS) is 12.1. The van der Waals surface area contributed by atoms with Crippen molar-refractivity contribution in [1.82, 2.24) is 5.32 Å². The van der Waals surface area contributed by atoms with E-state index >= 15 is 0 Å². The van der Waals surface area contributed by atoms with Gasteiger partial charge in [-0.2, -0.15) is 0 Å².